The molecule has 0 saturated carbocycles. The monoisotopic (exact) mass is 269 g/mol. The van der Waals surface area contributed by atoms with Gasteiger partial charge < -0.3 is 9.88 Å². The summed E-state index contributed by atoms with van der Waals surface area (Å²) in [7, 11) is 1.87. The number of rotatable bonds is 3. The van der Waals surface area contributed by atoms with E-state index in [-0.39, 0.29) is 11.7 Å². The lowest BCUT2D eigenvalue weighted by molar-refractivity contribution is 0.101. The number of aryl methyl sites for hydroxylation is 1. The second kappa shape index (κ2) is 4.92. The Balaban J connectivity index is 1.77. The Morgan fingerprint density at radius 3 is 2.70 bits per heavy atom. The zero-order chi connectivity index (χ0) is 13.9. The maximum absolute atomic E-state index is 11.8. The van der Waals surface area contributed by atoms with E-state index < -0.39 is 0 Å². The number of carbonyl (C=O) groups is 1. The van der Waals surface area contributed by atoms with Gasteiger partial charge in [0.2, 0.25) is 5.82 Å². The molecule has 8 heteroatoms. The highest BCUT2D eigenvalue weighted by molar-refractivity contribution is 6.01. The minimum Gasteiger partial charge on any atom is -0.319 e. The Morgan fingerprint density at radius 2 is 2.10 bits per heavy atom. The molecule has 0 aliphatic rings. The molecular weight excluding hydrogens is 258 g/mol. The number of nitrogens with zero attached hydrogens (tertiary/aromatic N) is 5. The number of nitrogens with one attached hydrogen (secondary N) is 2. The number of H-pyrrole nitrogens is 1. The fraction of sp³-hybridized carbons (Fsp3) is 0.0833. The molecule has 1 aromatic carbocycles. The first kappa shape index (κ1) is 12.0. The third-order valence-electron chi connectivity index (χ3n) is 2.74. The Bertz CT molecular complexity index is 715. The molecule has 1 amide bonds. The molecule has 2 heterocycles. The first-order valence-corrected chi connectivity index (χ1v) is 5.85. The van der Waals surface area contributed by atoms with E-state index in [1.54, 1.807) is 18.5 Å². The number of amides is 1. The predicted molar refractivity (Wildman–Crippen MR) is 70.8 cm³/mol. The molecule has 0 fully saturated rings. The second-order valence-corrected chi connectivity index (χ2v) is 4.13. The highest BCUT2D eigenvalue weighted by atomic mass is 16.2. The van der Waals surface area contributed by atoms with Gasteiger partial charge in [0.15, 0.2) is 5.82 Å². The summed E-state index contributed by atoms with van der Waals surface area (Å²) in [5.74, 6) is 0.592. The SMILES string of the molecule is Cn1cnnc1-c1ccc(NC(=O)c2ncn[nH]2)cc1. The summed E-state index contributed by atoms with van der Waals surface area (Å²) < 4.78 is 1.82. The Kier molecular flexibility index (Phi) is 2.96. The number of anilines is 1. The van der Waals surface area contributed by atoms with E-state index in [0.717, 1.165) is 11.4 Å². The van der Waals surface area contributed by atoms with Gasteiger partial charge in [-0.2, -0.15) is 5.10 Å². The lowest BCUT2D eigenvalue weighted by atomic mass is 10.2. The van der Waals surface area contributed by atoms with Crippen LogP contribution in [0.5, 0.6) is 0 Å². The Hall–Kier alpha value is -3.03. The van der Waals surface area contributed by atoms with Gasteiger partial charge in [-0.3, -0.25) is 9.89 Å². The van der Waals surface area contributed by atoms with Gasteiger partial charge in [-0.25, -0.2) is 4.98 Å². The summed E-state index contributed by atoms with van der Waals surface area (Å²) in [5.41, 5.74) is 1.58. The topological polar surface area (TPSA) is 101 Å². The molecule has 0 unspecified atom stereocenters. The molecule has 20 heavy (non-hydrogen) atoms. The van der Waals surface area contributed by atoms with Crippen LogP contribution in [0.15, 0.2) is 36.9 Å². The fourth-order valence-corrected chi connectivity index (χ4v) is 1.75. The van der Waals surface area contributed by atoms with Crippen LogP contribution in [0.1, 0.15) is 10.6 Å². The molecule has 0 aliphatic carbocycles. The Labute approximate surface area is 113 Å². The molecule has 100 valence electrons. The van der Waals surface area contributed by atoms with Crippen LogP contribution in [-0.2, 0) is 7.05 Å². The zero-order valence-electron chi connectivity index (χ0n) is 10.6. The highest BCUT2D eigenvalue weighted by Gasteiger charge is 2.09. The number of aromatic nitrogens is 6. The molecule has 8 nitrogen and oxygen atoms in total. The number of hydrogen-bond donors (Lipinski definition) is 2. The van der Waals surface area contributed by atoms with Gasteiger partial charge in [0.1, 0.15) is 12.7 Å². The van der Waals surface area contributed by atoms with Gasteiger partial charge in [0, 0.05) is 18.3 Å². The first-order chi connectivity index (χ1) is 9.74. The van der Waals surface area contributed by atoms with Crippen LogP contribution in [-0.4, -0.2) is 35.9 Å². The van der Waals surface area contributed by atoms with Crippen molar-refractivity contribution in [2.75, 3.05) is 5.32 Å². The molecule has 0 bridgehead atoms. The molecule has 2 N–H and O–H groups in total. The largest absolute Gasteiger partial charge is 0.319 e. The van der Waals surface area contributed by atoms with Gasteiger partial charge in [-0.05, 0) is 24.3 Å². The van der Waals surface area contributed by atoms with E-state index in [2.05, 4.69) is 30.7 Å². The summed E-state index contributed by atoms with van der Waals surface area (Å²) in [4.78, 5) is 15.6. The second-order valence-electron chi connectivity index (χ2n) is 4.13. The molecule has 3 aromatic rings. The lowest BCUT2D eigenvalue weighted by Crippen LogP contribution is -2.13. The maximum atomic E-state index is 11.8. The van der Waals surface area contributed by atoms with E-state index in [1.165, 1.54) is 6.33 Å². The Morgan fingerprint density at radius 1 is 1.30 bits per heavy atom. The predicted octanol–water partition coefficient (Wildman–Crippen LogP) is 0.852. The quantitative estimate of drug-likeness (QED) is 0.734. The van der Waals surface area contributed by atoms with Crippen molar-refractivity contribution < 1.29 is 4.79 Å². The highest BCUT2D eigenvalue weighted by Crippen LogP contribution is 2.18. The summed E-state index contributed by atoms with van der Waals surface area (Å²) in [6, 6.07) is 7.30. The summed E-state index contributed by atoms with van der Waals surface area (Å²) in [5, 5.41) is 16.7. The normalized spacial score (nSPS) is 10.4. The molecule has 0 atom stereocenters. The van der Waals surface area contributed by atoms with Crippen molar-refractivity contribution in [1.29, 1.82) is 0 Å². The molecule has 0 aliphatic heterocycles. The van der Waals surface area contributed by atoms with Crippen molar-refractivity contribution >= 4 is 11.6 Å². The van der Waals surface area contributed by atoms with Gasteiger partial charge in [-0.15, -0.1) is 10.2 Å². The molecular formula is C12H11N7O. The lowest BCUT2D eigenvalue weighted by Gasteiger charge is -2.04. The summed E-state index contributed by atoms with van der Waals surface area (Å²) >= 11 is 0. The van der Waals surface area contributed by atoms with Crippen LogP contribution in [0.2, 0.25) is 0 Å². The van der Waals surface area contributed by atoms with Crippen LogP contribution < -0.4 is 5.32 Å². The van der Waals surface area contributed by atoms with Gasteiger partial charge in [0.25, 0.3) is 5.91 Å². The van der Waals surface area contributed by atoms with E-state index in [9.17, 15) is 4.79 Å². The van der Waals surface area contributed by atoms with Gasteiger partial charge in [-0.1, -0.05) is 0 Å². The van der Waals surface area contributed by atoms with Crippen LogP contribution in [0, 0.1) is 0 Å². The number of benzene rings is 1. The van der Waals surface area contributed by atoms with Crippen molar-refractivity contribution in [2.45, 2.75) is 0 Å². The first-order valence-electron chi connectivity index (χ1n) is 5.85. The fourth-order valence-electron chi connectivity index (χ4n) is 1.75. The maximum Gasteiger partial charge on any atom is 0.292 e. The van der Waals surface area contributed by atoms with Crippen molar-refractivity contribution in [3.63, 3.8) is 0 Å². The third kappa shape index (κ3) is 2.26. The van der Waals surface area contributed by atoms with E-state index in [0.29, 0.717) is 5.69 Å². The zero-order valence-corrected chi connectivity index (χ0v) is 10.6. The van der Waals surface area contributed by atoms with Crippen molar-refractivity contribution in [3.05, 3.63) is 42.7 Å². The van der Waals surface area contributed by atoms with Crippen LogP contribution in [0.25, 0.3) is 11.4 Å². The van der Waals surface area contributed by atoms with Crippen LogP contribution in [0.4, 0.5) is 5.69 Å². The van der Waals surface area contributed by atoms with Crippen LogP contribution in [0.3, 0.4) is 0 Å². The number of hydrogen-bond acceptors (Lipinski definition) is 5. The van der Waals surface area contributed by atoms with Crippen molar-refractivity contribution in [1.82, 2.24) is 29.9 Å². The van der Waals surface area contributed by atoms with Crippen molar-refractivity contribution in [2.24, 2.45) is 7.05 Å². The molecule has 0 radical (unpaired) electrons. The average Bonchev–Trinajstić information content (AvgIpc) is 3.11. The number of aromatic amines is 1. The molecule has 3 rings (SSSR count). The minimum atomic E-state index is -0.339. The molecule has 0 spiro atoms. The summed E-state index contributed by atoms with van der Waals surface area (Å²) in [6.07, 6.45) is 2.92. The minimum absolute atomic E-state index is 0.169. The summed E-state index contributed by atoms with van der Waals surface area (Å²) in [6.45, 7) is 0. The van der Waals surface area contributed by atoms with Crippen LogP contribution >= 0.6 is 0 Å². The van der Waals surface area contributed by atoms with Gasteiger partial charge in [0.05, 0.1) is 0 Å². The average molecular weight is 269 g/mol. The van der Waals surface area contributed by atoms with Crippen molar-refractivity contribution in [3.8, 4) is 11.4 Å². The number of carbonyl (C=O) groups excluding carboxylic acids is 1. The van der Waals surface area contributed by atoms with E-state index in [1.807, 2.05) is 23.7 Å². The third-order valence-corrected chi connectivity index (χ3v) is 2.74. The standard InChI is InChI=1S/C12H11N7O/c1-19-7-15-18-11(19)8-2-4-9(5-3-8)16-12(20)10-13-6-14-17-10/h2-7H,1H3,(H,16,20)(H,13,14,17). The smallest absolute Gasteiger partial charge is 0.292 e. The molecule has 0 saturated heterocycles. The van der Waals surface area contributed by atoms with E-state index in [4.69, 9.17) is 0 Å². The molecule has 2 aromatic heterocycles. The van der Waals surface area contributed by atoms with Gasteiger partial charge >= 0.3 is 0 Å². The van der Waals surface area contributed by atoms with E-state index >= 15 is 0 Å².